The highest BCUT2D eigenvalue weighted by Crippen LogP contribution is 2.24. The Labute approximate surface area is 163 Å². The molecular formula is C22H33N3O2. The summed E-state index contributed by atoms with van der Waals surface area (Å²) in [7, 11) is 0. The van der Waals surface area contributed by atoms with Gasteiger partial charge in [-0.3, -0.25) is 4.79 Å². The molecule has 5 nitrogen and oxygen atoms in total. The summed E-state index contributed by atoms with van der Waals surface area (Å²) in [6.07, 6.45) is 3.83. The Kier molecular flexibility index (Phi) is 6.75. The van der Waals surface area contributed by atoms with Gasteiger partial charge in [0.25, 0.3) is 0 Å². The molecule has 0 aromatic heterocycles. The van der Waals surface area contributed by atoms with Gasteiger partial charge in [-0.2, -0.15) is 0 Å². The number of nitrogens with zero attached hydrogens (tertiary/aromatic N) is 2. The van der Waals surface area contributed by atoms with E-state index in [9.17, 15) is 9.59 Å². The first-order valence-corrected chi connectivity index (χ1v) is 10.4. The molecule has 0 bridgehead atoms. The van der Waals surface area contributed by atoms with Crippen LogP contribution in [0.5, 0.6) is 0 Å². The highest BCUT2D eigenvalue weighted by Gasteiger charge is 2.31. The van der Waals surface area contributed by atoms with Crippen molar-refractivity contribution in [2.45, 2.75) is 45.4 Å². The molecule has 0 spiro atoms. The van der Waals surface area contributed by atoms with Gasteiger partial charge in [0, 0.05) is 44.6 Å². The smallest absolute Gasteiger partial charge is 0.317 e. The topological polar surface area (TPSA) is 52.7 Å². The van der Waals surface area contributed by atoms with E-state index in [0.29, 0.717) is 37.4 Å². The van der Waals surface area contributed by atoms with Crippen molar-refractivity contribution in [1.82, 2.24) is 15.1 Å². The second kappa shape index (κ2) is 9.25. The molecule has 0 radical (unpaired) electrons. The molecule has 2 heterocycles. The number of hydrogen-bond donors (Lipinski definition) is 1. The third-order valence-electron chi connectivity index (χ3n) is 6.05. The van der Waals surface area contributed by atoms with Gasteiger partial charge in [0.1, 0.15) is 0 Å². The summed E-state index contributed by atoms with van der Waals surface area (Å²) < 4.78 is 0. The minimum Gasteiger partial charge on any atom is -0.342 e. The van der Waals surface area contributed by atoms with Gasteiger partial charge in [-0.1, -0.05) is 44.2 Å². The Bertz CT molecular complexity index is 618. The van der Waals surface area contributed by atoms with Crippen LogP contribution in [-0.4, -0.2) is 54.5 Å². The van der Waals surface area contributed by atoms with E-state index in [4.69, 9.17) is 0 Å². The maximum Gasteiger partial charge on any atom is 0.317 e. The number of rotatable bonds is 5. The van der Waals surface area contributed by atoms with Crippen LogP contribution in [-0.2, 0) is 4.79 Å². The fourth-order valence-corrected chi connectivity index (χ4v) is 4.27. The lowest BCUT2D eigenvalue weighted by Crippen LogP contribution is -2.48. The number of amides is 3. The van der Waals surface area contributed by atoms with Crippen molar-refractivity contribution in [3.63, 3.8) is 0 Å². The predicted molar refractivity (Wildman–Crippen MR) is 108 cm³/mol. The molecule has 27 heavy (non-hydrogen) atoms. The number of urea groups is 1. The first kappa shape index (κ1) is 19.7. The van der Waals surface area contributed by atoms with Crippen molar-refractivity contribution in [3.05, 3.63) is 35.9 Å². The third-order valence-corrected chi connectivity index (χ3v) is 6.05. The maximum atomic E-state index is 12.6. The highest BCUT2D eigenvalue weighted by atomic mass is 16.2. The van der Waals surface area contributed by atoms with Crippen molar-refractivity contribution < 1.29 is 9.59 Å². The fraction of sp³-hybridized carbons (Fsp3) is 0.636. The van der Waals surface area contributed by atoms with E-state index >= 15 is 0 Å². The number of carbonyl (C=O) groups excluding carboxylic acids is 2. The zero-order valence-electron chi connectivity index (χ0n) is 16.7. The van der Waals surface area contributed by atoms with Crippen LogP contribution in [0.25, 0.3) is 0 Å². The Hall–Kier alpha value is -2.04. The van der Waals surface area contributed by atoms with Gasteiger partial charge >= 0.3 is 6.03 Å². The van der Waals surface area contributed by atoms with Crippen LogP contribution >= 0.6 is 0 Å². The van der Waals surface area contributed by atoms with Crippen LogP contribution < -0.4 is 5.32 Å². The molecule has 1 aromatic carbocycles. The third kappa shape index (κ3) is 5.02. The molecule has 5 heteroatoms. The van der Waals surface area contributed by atoms with Crippen LogP contribution in [0.1, 0.15) is 51.0 Å². The Balaban J connectivity index is 1.47. The van der Waals surface area contributed by atoms with E-state index in [1.807, 2.05) is 15.9 Å². The second-order valence-corrected chi connectivity index (χ2v) is 8.24. The molecule has 1 aromatic rings. The first-order valence-electron chi connectivity index (χ1n) is 10.4. The molecular weight excluding hydrogens is 338 g/mol. The monoisotopic (exact) mass is 371 g/mol. The van der Waals surface area contributed by atoms with Gasteiger partial charge in [-0.15, -0.1) is 0 Å². The lowest BCUT2D eigenvalue weighted by atomic mass is 9.88. The fourth-order valence-electron chi connectivity index (χ4n) is 4.27. The highest BCUT2D eigenvalue weighted by molar-refractivity contribution is 5.80. The standard InChI is InChI=1S/C22H33N3O2/c1-17(2)20(18-8-4-3-5-9-18)16-23-22(27)25-14-10-19(11-15-25)21(26)24-12-6-7-13-24/h3-5,8-9,17,19-20H,6-7,10-16H2,1-2H3,(H,23,27). The van der Waals surface area contributed by atoms with E-state index in [2.05, 4.69) is 43.4 Å². The summed E-state index contributed by atoms with van der Waals surface area (Å²) in [5, 5.41) is 3.12. The van der Waals surface area contributed by atoms with E-state index in [0.717, 1.165) is 38.8 Å². The molecule has 2 aliphatic heterocycles. The largest absolute Gasteiger partial charge is 0.342 e. The summed E-state index contributed by atoms with van der Waals surface area (Å²) in [4.78, 5) is 29.0. The number of piperidine rings is 1. The van der Waals surface area contributed by atoms with E-state index < -0.39 is 0 Å². The van der Waals surface area contributed by atoms with Crippen LogP contribution in [0.4, 0.5) is 4.79 Å². The lowest BCUT2D eigenvalue weighted by Gasteiger charge is -2.33. The van der Waals surface area contributed by atoms with Crippen LogP contribution in [0, 0.1) is 11.8 Å². The number of nitrogens with one attached hydrogen (secondary N) is 1. The number of likely N-dealkylation sites (tertiary alicyclic amines) is 2. The predicted octanol–water partition coefficient (Wildman–Crippen LogP) is 3.47. The minimum atomic E-state index is 0.00338. The molecule has 1 N–H and O–H groups in total. The van der Waals surface area contributed by atoms with Gasteiger partial charge in [0.15, 0.2) is 0 Å². The number of hydrogen-bond acceptors (Lipinski definition) is 2. The van der Waals surface area contributed by atoms with E-state index in [1.165, 1.54) is 5.56 Å². The Morgan fingerprint density at radius 1 is 1.00 bits per heavy atom. The summed E-state index contributed by atoms with van der Waals surface area (Å²) in [5.74, 6) is 1.16. The van der Waals surface area contributed by atoms with Gasteiger partial charge in [-0.25, -0.2) is 4.79 Å². The quantitative estimate of drug-likeness (QED) is 0.862. The first-order chi connectivity index (χ1) is 13.1. The molecule has 1 atom stereocenters. The molecule has 1 unspecified atom stereocenters. The van der Waals surface area contributed by atoms with Gasteiger partial charge in [0.2, 0.25) is 5.91 Å². The molecule has 0 aliphatic carbocycles. The second-order valence-electron chi connectivity index (χ2n) is 8.24. The van der Waals surface area contributed by atoms with Gasteiger partial charge in [0.05, 0.1) is 0 Å². The maximum absolute atomic E-state index is 12.6. The average molecular weight is 372 g/mol. The Morgan fingerprint density at radius 3 is 2.22 bits per heavy atom. The average Bonchev–Trinajstić information content (AvgIpc) is 3.23. The van der Waals surface area contributed by atoms with Crippen LogP contribution in [0.2, 0.25) is 0 Å². The molecule has 148 valence electrons. The van der Waals surface area contributed by atoms with Crippen molar-refractivity contribution >= 4 is 11.9 Å². The number of carbonyl (C=O) groups is 2. The zero-order valence-corrected chi connectivity index (χ0v) is 16.7. The number of benzene rings is 1. The van der Waals surface area contributed by atoms with Crippen molar-refractivity contribution in [2.75, 3.05) is 32.7 Å². The molecule has 2 fully saturated rings. The molecule has 0 saturated carbocycles. The van der Waals surface area contributed by atoms with Crippen molar-refractivity contribution in [2.24, 2.45) is 11.8 Å². The molecule has 3 amide bonds. The molecule has 2 saturated heterocycles. The van der Waals surface area contributed by atoms with Gasteiger partial charge in [-0.05, 0) is 37.2 Å². The summed E-state index contributed by atoms with van der Waals surface area (Å²) >= 11 is 0. The normalized spacial score (nSPS) is 19.4. The van der Waals surface area contributed by atoms with Crippen LogP contribution in [0.3, 0.4) is 0 Å². The lowest BCUT2D eigenvalue weighted by molar-refractivity contribution is -0.135. The minimum absolute atomic E-state index is 0.00338. The molecule has 2 aliphatic rings. The van der Waals surface area contributed by atoms with Crippen LogP contribution in [0.15, 0.2) is 30.3 Å². The van der Waals surface area contributed by atoms with Crippen molar-refractivity contribution in [3.8, 4) is 0 Å². The Morgan fingerprint density at radius 2 is 1.63 bits per heavy atom. The molecule has 3 rings (SSSR count). The summed E-state index contributed by atoms with van der Waals surface area (Å²) in [5.41, 5.74) is 1.27. The van der Waals surface area contributed by atoms with E-state index in [1.54, 1.807) is 0 Å². The summed E-state index contributed by atoms with van der Waals surface area (Å²) in [6, 6.07) is 10.4. The zero-order chi connectivity index (χ0) is 19.2. The van der Waals surface area contributed by atoms with Crippen molar-refractivity contribution in [1.29, 1.82) is 0 Å². The summed E-state index contributed by atoms with van der Waals surface area (Å²) in [6.45, 7) is 8.21. The SMILES string of the molecule is CC(C)C(CNC(=O)N1CCC(C(=O)N2CCCC2)CC1)c1ccccc1. The van der Waals surface area contributed by atoms with E-state index in [-0.39, 0.29) is 11.9 Å². The van der Waals surface area contributed by atoms with Gasteiger partial charge < -0.3 is 15.1 Å².